The zero-order valence-electron chi connectivity index (χ0n) is 14.7. The molecule has 3 aromatic heterocycles. The van der Waals surface area contributed by atoms with Crippen LogP contribution in [0.1, 0.15) is 39.9 Å². The molecule has 136 valence electrons. The van der Waals surface area contributed by atoms with Gasteiger partial charge in [0.05, 0.1) is 11.8 Å². The zero-order chi connectivity index (χ0) is 18.1. The number of nitrogens with one attached hydrogen (secondary N) is 2. The normalized spacial score (nSPS) is 15.3. The van der Waals surface area contributed by atoms with Crippen molar-refractivity contribution in [3.05, 3.63) is 34.9 Å². The zero-order valence-corrected chi connectivity index (χ0v) is 15.5. The van der Waals surface area contributed by atoms with E-state index >= 15 is 0 Å². The Labute approximate surface area is 154 Å². The number of aryl methyl sites for hydroxylation is 2. The molecule has 0 unspecified atom stereocenters. The van der Waals surface area contributed by atoms with Crippen LogP contribution in [0.25, 0.3) is 11.5 Å². The second-order valence-corrected chi connectivity index (χ2v) is 7.43. The molecule has 1 saturated heterocycles. The molecule has 1 fully saturated rings. The summed E-state index contributed by atoms with van der Waals surface area (Å²) < 4.78 is 7.28. The first-order valence-electron chi connectivity index (χ1n) is 8.54. The molecule has 26 heavy (non-hydrogen) atoms. The number of anilines is 1. The standard InChI is InChI=1S/C17H20N6O2S/c1-10-14(21-16(25-10)12-7-20-23(2)9-12)15(24)22-17-19-8-13(26-17)11-3-5-18-6-4-11/h7-9,11,18H,3-6H2,1-2H3,(H,19,22,24). The Kier molecular flexibility index (Phi) is 4.56. The number of rotatable bonds is 4. The lowest BCUT2D eigenvalue weighted by Gasteiger charge is -2.20. The van der Waals surface area contributed by atoms with Crippen molar-refractivity contribution in [3.63, 3.8) is 0 Å². The third-order valence-electron chi connectivity index (χ3n) is 4.45. The molecule has 0 spiro atoms. The molecule has 1 amide bonds. The number of oxazole rings is 1. The van der Waals surface area contributed by atoms with Gasteiger partial charge in [-0.1, -0.05) is 0 Å². The van der Waals surface area contributed by atoms with Crippen LogP contribution in [0.15, 0.2) is 23.0 Å². The van der Waals surface area contributed by atoms with E-state index in [1.807, 2.05) is 13.2 Å². The van der Waals surface area contributed by atoms with Crippen LogP contribution in [-0.2, 0) is 7.05 Å². The van der Waals surface area contributed by atoms with Crippen LogP contribution in [0.4, 0.5) is 5.13 Å². The van der Waals surface area contributed by atoms with Crippen LogP contribution in [0.2, 0.25) is 0 Å². The van der Waals surface area contributed by atoms with E-state index in [1.165, 1.54) is 16.2 Å². The third kappa shape index (κ3) is 3.40. The summed E-state index contributed by atoms with van der Waals surface area (Å²) in [6.45, 7) is 3.78. The van der Waals surface area contributed by atoms with Crippen LogP contribution >= 0.6 is 11.3 Å². The van der Waals surface area contributed by atoms with Gasteiger partial charge in [0.15, 0.2) is 10.8 Å². The third-order valence-corrected chi connectivity index (χ3v) is 5.52. The number of hydrogen-bond acceptors (Lipinski definition) is 7. The Morgan fingerprint density at radius 1 is 1.38 bits per heavy atom. The second-order valence-electron chi connectivity index (χ2n) is 6.37. The van der Waals surface area contributed by atoms with Crippen molar-refractivity contribution in [2.75, 3.05) is 18.4 Å². The fourth-order valence-electron chi connectivity index (χ4n) is 3.06. The van der Waals surface area contributed by atoms with Gasteiger partial charge in [-0.15, -0.1) is 11.3 Å². The molecule has 4 rings (SSSR count). The number of piperidine rings is 1. The summed E-state index contributed by atoms with van der Waals surface area (Å²) in [6, 6.07) is 0. The average molecular weight is 372 g/mol. The molecule has 1 aliphatic heterocycles. The largest absolute Gasteiger partial charge is 0.440 e. The summed E-state index contributed by atoms with van der Waals surface area (Å²) in [7, 11) is 1.81. The highest BCUT2D eigenvalue weighted by Gasteiger charge is 2.22. The Bertz CT molecular complexity index is 921. The van der Waals surface area contributed by atoms with Gasteiger partial charge in [-0.3, -0.25) is 14.8 Å². The minimum absolute atomic E-state index is 0.266. The van der Waals surface area contributed by atoms with E-state index in [9.17, 15) is 4.79 Å². The van der Waals surface area contributed by atoms with Gasteiger partial charge in [0.1, 0.15) is 5.76 Å². The second kappa shape index (κ2) is 7.00. The van der Waals surface area contributed by atoms with Crippen LogP contribution < -0.4 is 10.6 Å². The predicted octanol–water partition coefficient (Wildman–Crippen LogP) is 2.56. The maximum atomic E-state index is 12.6. The van der Waals surface area contributed by atoms with Gasteiger partial charge in [-0.25, -0.2) is 9.97 Å². The molecule has 9 heteroatoms. The van der Waals surface area contributed by atoms with Crippen LogP contribution in [0.3, 0.4) is 0 Å². The molecule has 8 nitrogen and oxygen atoms in total. The minimum Gasteiger partial charge on any atom is -0.440 e. The first kappa shape index (κ1) is 16.9. The lowest BCUT2D eigenvalue weighted by atomic mass is 9.97. The maximum Gasteiger partial charge on any atom is 0.279 e. The van der Waals surface area contributed by atoms with E-state index < -0.39 is 0 Å². The van der Waals surface area contributed by atoms with Gasteiger partial charge in [0.2, 0.25) is 5.89 Å². The van der Waals surface area contributed by atoms with Gasteiger partial charge in [0, 0.05) is 24.3 Å². The van der Waals surface area contributed by atoms with Crippen molar-refractivity contribution in [3.8, 4) is 11.5 Å². The van der Waals surface area contributed by atoms with Crippen molar-refractivity contribution in [1.29, 1.82) is 0 Å². The summed E-state index contributed by atoms with van der Waals surface area (Å²) in [5.41, 5.74) is 1.000. The van der Waals surface area contributed by atoms with Crippen molar-refractivity contribution >= 4 is 22.4 Å². The van der Waals surface area contributed by atoms with Gasteiger partial charge >= 0.3 is 0 Å². The SMILES string of the molecule is Cc1oc(-c2cnn(C)c2)nc1C(=O)Nc1ncc(C2CCNCC2)s1. The van der Waals surface area contributed by atoms with Gasteiger partial charge in [-0.05, 0) is 38.8 Å². The topological polar surface area (TPSA) is 97.9 Å². The highest BCUT2D eigenvalue weighted by atomic mass is 32.1. The fourth-order valence-corrected chi connectivity index (χ4v) is 4.04. The van der Waals surface area contributed by atoms with Gasteiger partial charge < -0.3 is 9.73 Å². The summed E-state index contributed by atoms with van der Waals surface area (Å²) >= 11 is 1.53. The molecule has 0 saturated carbocycles. The lowest BCUT2D eigenvalue weighted by molar-refractivity contribution is 0.102. The molecule has 0 aliphatic carbocycles. The Morgan fingerprint density at radius 3 is 2.92 bits per heavy atom. The van der Waals surface area contributed by atoms with E-state index in [0.717, 1.165) is 31.5 Å². The highest BCUT2D eigenvalue weighted by Crippen LogP contribution is 2.32. The van der Waals surface area contributed by atoms with Crippen molar-refractivity contribution in [2.24, 2.45) is 7.05 Å². The first-order valence-corrected chi connectivity index (χ1v) is 9.36. The number of carbonyl (C=O) groups is 1. The number of carbonyl (C=O) groups excluding carboxylic acids is 1. The average Bonchev–Trinajstić information content (AvgIpc) is 3.36. The fraction of sp³-hybridized carbons (Fsp3) is 0.412. The quantitative estimate of drug-likeness (QED) is 0.730. The minimum atomic E-state index is -0.312. The van der Waals surface area contributed by atoms with Crippen LogP contribution in [-0.4, -0.2) is 38.7 Å². The predicted molar refractivity (Wildman–Crippen MR) is 98.4 cm³/mol. The summed E-state index contributed by atoms with van der Waals surface area (Å²) in [5.74, 6) is 1.06. The molecule has 0 bridgehead atoms. The van der Waals surface area contributed by atoms with Crippen LogP contribution in [0.5, 0.6) is 0 Å². The molecular weight excluding hydrogens is 352 g/mol. The molecule has 0 radical (unpaired) electrons. The van der Waals surface area contributed by atoms with E-state index in [1.54, 1.807) is 24.0 Å². The molecule has 0 aromatic carbocycles. The van der Waals surface area contributed by atoms with E-state index in [0.29, 0.717) is 22.7 Å². The maximum absolute atomic E-state index is 12.6. The van der Waals surface area contributed by atoms with Crippen molar-refractivity contribution in [2.45, 2.75) is 25.7 Å². The molecule has 0 atom stereocenters. The summed E-state index contributed by atoms with van der Waals surface area (Å²) in [5, 5.41) is 10.9. The lowest BCUT2D eigenvalue weighted by Crippen LogP contribution is -2.26. The van der Waals surface area contributed by atoms with Crippen LogP contribution in [0, 0.1) is 6.92 Å². The van der Waals surface area contributed by atoms with Gasteiger partial charge in [0.25, 0.3) is 5.91 Å². The number of aromatic nitrogens is 4. The monoisotopic (exact) mass is 372 g/mol. The number of thiazole rings is 1. The number of nitrogens with zero attached hydrogens (tertiary/aromatic N) is 4. The molecule has 4 heterocycles. The van der Waals surface area contributed by atoms with Crippen molar-refractivity contribution in [1.82, 2.24) is 25.1 Å². The number of amides is 1. The highest BCUT2D eigenvalue weighted by molar-refractivity contribution is 7.15. The molecular formula is C17H20N6O2S. The van der Waals surface area contributed by atoms with E-state index in [4.69, 9.17) is 4.42 Å². The summed E-state index contributed by atoms with van der Waals surface area (Å²) in [6.07, 6.45) is 7.52. The van der Waals surface area contributed by atoms with Gasteiger partial charge in [-0.2, -0.15) is 5.10 Å². The van der Waals surface area contributed by atoms with E-state index in [2.05, 4.69) is 25.7 Å². The van der Waals surface area contributed by atoms with E-state index in [-0.39, 0.29) is 11.6 Å². The Balaban J connectivity index is 1.48. The Hall–Kier alpha value is -2.52. The smallest absolute Gasteiger partial charge is 0.279 e. The first-order chi connectivity index (χ1) is 12.6. The van der Waals surface area contributed by atoms with Crippen molar-refractivity contribution < 1.29 is 9.21 Å². The number of hydrogen-bond donors (Lipinski definition) is 2. The molecule has 2 N–H and O–H groups in total. The molecule has 1 aliphatic rings. The Morgan fingerprint density at radius 2 is 2.19 bits per heavy atom. The summed E-state index contributed by atoms with van der Waals surface area (Å²) in [4.78, 5) is 22.5. The molecule has 3 aromatic rings.